The summed E-state index contributed by atoms with van der Waals surface area (Å²) in [5.74, 6) is 2.02. The molecule has 2 N–H and O–H groups in total. The maximum atomic E-state index is 13.5. The van der Waals surface area contributed by atoms with Crippen molar-refractivity contribution in [3.8, 4) is 0 Å². The van der Waals surface area contributed by atoms with E-state index in [9.17, 15) is 9.59 Å². The van der Waals surface area contributed by atoms with Crippen LogP contribution in [0.15, 0.2) is 35.4 Å². The maximum absolute atomic E-state index is 13.5. The molecule has 2 aliphatic heterocycles. The summed E-state index contributed by atoms with van der Waals surface area (Å²) >= 11 is 1.22. The molecule has 1 unspecified atom stereocenters. The van der Waals surface area contributed by atoms with E-state index in [1.807, 2.05) is 44.4 Å². The Balaban J connectivity index is 1.65. The van der Waals surface area contributed by atoms with Gasteiger partial charge in [-0.3, -0.25) is 14.3 Å². The van der Waals surface area contributed by atoms with Crippen molar-refractivity contribution in [2.24, 2.45) is 5.92 Å². The Bertz CT molecular complexity index is 1190. The van der Waals surface area contributed by atoms with E-state index < -0.39 is 0 Å². The summed E-state index contributed by atoms with van der Waals surface area (Å²) in [5.41, 5.74) is 1.32. The van der Waals surface area contributed by atoms with Gasteiger partial charge in [-0.25, -0.2) is 9.97 Å². The minimum atomic E-state index is -0.166. The lowest BCUT2D eigenvalue weighted by atomic mass is 9.90. The lowest BCUT2D eigenvalue weighted by Crippen LogP contribution is -2.40. The highest BCUT2D eigenvalue weighted by molar-refractivity contribution is 7.97. The third kappa shape index (κ3) is 7.24. The normalized spacial score (nSPS) is 21.2. The van der Waals surface area contributed by atoms with Gasteiger partial charge >= 0.3 is 0 Å². The Morgan fingerprint density at radius 3 is 2.64 bits per heavy atom. The quantitative estimate of drug-likeness (QED) is 0.474. The number of carbonyl (C=O) groups excluding carboxylic acids is 2. The number of hydrogen-bond donors (Lipinski definition) is 2. The first-order valence-corrected chi connectivity index (χ1v) is 14.9. The number of anilines is 2. The van der Waals surface area contributed by atoms with Gasteiger partial charge in [-0.1, -0.05) is 26.8 Å². The summed E-state index contributed by atoms with van der Waals surface area (Å²) in [4.78, 5) is 39.5. The zero-order valence-electron chi connectivity index (χ0n) is 24.5. The van der Waals surface area contributed by atoms with Crippen molar-refractivity contribution >= 4 is 35.4 Å². The van der Waals surface area contributed by atoms with E-state index in [1.54, 1.807) is 4.90 Å². The monoisotopic (exact) mass is 552 g/mol. The van der Waals surface area contributed by atoms with Crippen LogP contribution < -0.4 is 14.9 Å². The molecule has 0 radical (unpaired) electrons. The fraction of sp³-hybridized carbons (Fsp3) is 0.600. The number of rotatable bonds is 4. The molecule has 2 atom stereocenters. The molecule has 1 saturated heterocycles. The number of fused-ring (bicyclic) bond motifs is 6. The van der Waals surface area contributed by atoms with Crippen LogP contribution in [0.4, 0.5) is 11.6 Å². The van der Waals surface area contributed by atoms with Gasteiger partial charge in [-0.2, -0.15) is 0 Å². The van der Waals surface area contributed by atoms with Crippen molar-refractivity contribution in [1.29, 1.82) is 0 Å². The lowest BCUT2D eigenvalue weighted by Gasteiger charge is -2.34. The van der Waals surface area contributed by atoms with Gasteiger partial charge in [0.2, 0.25) is 5.91 Å². The third-order valence-corrected chi connectivity index (χ3v) is 8.52. The van der Waals surface area contributed by atoms with Crippen LogP contribution in [0, 0.1) is 5.92 Å². The molecule has 2 aliphatic rings. The second-order valence-corrected chi connectivity index (χ2v) is 13.6. The minimum absolute atomic E-state index is 0.125. The molecule has 2 aromatic heterocycles. The molecule has 39 heavy (non-hydrogen) atoms. The Morgan fingerprint density at radius 1 is 1.15 bits per heavy atom. The second kappa shape index (κ2) is 11.7. The number of hydrogen-bond acceptors (Lipinski definition) is 7. The third-order valence-electron chi connectivity index (χ3n) is 7.79. The highest BCUT2D eigenvalue weighted by Gasteiger charge is 2.41. The highest BCUT2D eigenvalue weighted by atomic mass is 32.2. The van der Waals surface area contributed by atoms with Gasteiger partial charge in [0, 0.05) is 61.7 Å². The number of nitrogens with one attached hydrogen (secondary N) is 2. The van der Waals surface area contributed by atoms with E-state index in [-0.39, 0.29) is 28.8 Å². The van der Waals surface area contributed by atoms with Gasteiger partial charge in [0.05, 0.1) is 5.56 Å². The molecule has 0 aliphatic carbocycles. The van der Waals surface area contributed by atoms with Crippen LogP contribution in [0.5, 0.6) is 0 Å². The predicted octanol–water partition coefficient (Wildman–Crippen LogP) is 5.65. The van der Waals surface area contributed by atoms with Gasteiger partial charge in [-0.15, -0.1) is 0 Å². The fourth-order valence-electron chi connectivity index (χ4n) is 5.57. The summed E-state index contributed by atoms with van der Waals surface area (Å²) in [7, 11) is 3.61. The molecule has 1 fully saturated rings. The first kappa shape index (κ1) is 29.2. The summed E-state index contributed by atoms with van der Waals surface area (Å²) in [5, 5.41) is 4.35. The average molecular weight is 553 g/mol. The van der Waals surface area contributed by atoms with E-state index in [4.69, 9.17) is 9.97 Å². The van der Waals surface area contributed by atoms with Gasteiger partial charge in [0.1, 0.15) is 16.7 Å². The van der Waals surface area contributed by atoms with E-state index in [2.05, 4.69) is 49.6 Å². The lowest BCUT2D eigenvalue weighted by molar-refractivity contribution is -0.128. The Hall–Kier alpha value is -2.81. The first-order chi connectivity index (χ1) is 18.3. The zero-order valence-corrected chi connectivity index (χ0v) is 25.3. The molecule has 4 rings (SSSR count). The number of pyridine rings is 2. The number of aromatic nitrogens is 2. The molecule has 4 bridgehead atoms. The standard InChI is InChI=1S/C30H44N6O2S/c1-29(2,3)23-17-16-22-27(32-23)36-19-20(18-30(36,4)5)14-15-21(10-8-13-26(37)35(6)7)31-24-11-9-12-25(33-24)39-34-28(22)38/h9,11-12,16-17,20-21H,8,10,13-15,18-19H2,1-7H3,(H,31,33)(H,34,38)/t20-,21?/m0/s1. The topological polar surface area (TPSA) is 90.5 Å². The Labute approximate surface area is 237 Å². The van der Waals surface area contributed by atoms with E-state index >= 15 is 0 Å². The molecule has 2 aromatic rings. The van der Waals surface area contributed by atoms with Gasteiger partial charge in [-0.05, 0) is 76.1 Å². The largest absolute Gasteiger partial charge is 0.367 e. The van der Waals surface area contributed by atoms with Crippen molar-refractivity contribution in [2.45, 2.75) is 95.2 Å². The van der Waals surface area contributed by atoms with Crippen molar-refractivity contribution in [1.82, 2.24) is 19.6 Å². The first-order valence-electron chi connectivity index (χ1n) is 14.0. The summed E-state index contributed by atoms with van der Waals surface area (Å²) < 4.78 is 3.01. The minimum Gasteiger partial charge on any atom is -0.367 e. The van der Waals surface area contributed by atoms with E-state index in [0.29, 0.717) is 22.9 Å². The molecule has 9 heteroatoms. The van der Waals surface area contributed by atoms with E-state index in [1.165, 1.54) is 11.9 Å². The highest BCUT2D eigenvalue weighted by Crippen LogP contribution is 2.40. The molecule has 2 amide bonds. The number of nitrogens with zero attached hydrogens (tertiary/aromatic N) is 4. The van der Waals surface area contributed by atoms with Crippen LogP contribution >= 0.6 is 11.9 Å². The number of amides is 2. The second-order valence-electron chi connectivity index (χ2n) is 12.8. The van der Waals surface area contributed by atoms with Crippen LogP contribution in [0.1, 0.15) is 89.2 Å². The zero-order chi connectivity index (χ0) is 28.4. The summed E-state index contributed by atoms with van der Waals surface area (Å²) in [6.07, 6.45) is 5.34. The maximum Gasteiger partial charge on any atom is 0.265 e. The molecule has 0 spiro atoms. The molecule has 0 saturated carbocycles. The predicted molar refractivity (Wildman–Crippen MR) is 159 cm³/mol. The van der Waals surface area contributed by atoms with Crippen molar-refractivity contribution in [2.75, 3.05) is 30.9 Å². The SMILES string of the molecule is CN(C)C(=O)CCCC1CC[C@@H]2CN(c3nc(C(C)(C)C)ccc3C(=O)NSc3cccc(n3)N1)C(C)(C)C2. The number of carbonyl (C=O) groups is 2. The van der Waals surface area contributed by atoms with Crippen LogP contribution in [0.2, 0.25) is 0 Å². The van der Waals surface area contributed by atoms with Crippen LogP contribution in [0.25, 0.3) is 0 Å². The summed E-state index contributed by atoms with van der Waals surface area (Å²) in [6.45, 7) is 11.8. The van der Waals surface area contributed by atoms with Crippen molar-refractivity contribution < 1.29 is 9.59 Å². The Kier molecular flexibility index (Phi) is 8.78. The molecule has 212 valence electrons. The smallest absolute Gasteiger partial charge is 0.265 e. The van der Waals surface area contributed by atoms with Gasteiger partial charge in [0.15, 0.2) is 0 Å². The van der Waals surface area contributed by atoms with E-state index in [0.717, 1.165) is 56.0 Å². The Morgan fingerprint density at radius 2 is 1.92 bits per heavy atom. The van der Waals surface area contributed by atoms with Crippen molar-refractivity contribution in [3.05, 3.63) is 41.6 Å². The van der Waals surface area contributed by atoms with Crippen LogP contribution in [-0.2, 0) is 10.2 Å². The molecular formula is C30H44N6O2S. The molecular weight excluding hydrogens is 508 g/mol. The van der Waals surface area contributed by atoms with Gasteiger partial charge < -0.3 is 15.1 Å². The molecule has 4 heterocycles. The van der Waals surface area contributed by atoms with Gasteiger partial charge in [0.25, 0.3) is 5.91 Å². The van der Waals surface area contributed by atoms with Crippen molar-refractivity contribution in [3.63, 3.8) is 0 Å². The fourth-order valence-corrected chi connectivity index (χ4v) is 6.16. The summed E-state index contributed by atoms with van der Waals surface area (Å²) in [6, 6.07) is 9.94. The average Bonchev–Trinajstić information content (AvgIpc) is 3.18. The molecule has 0 aromatic carbocycles. The van der Waals surface area contributed by atoms with Crippen LogP contribution in [0.3, 0.4) is 0 Å². The van der Waals surface area contributed by atoms with Crippen LogP contribution in [-0.4, -0.2) is 58.9 Å². The molecule has 8 nitrogen and oxygen atoms in total.